The minimum Gasteiger partial charge on any atom is -0.388 e. The second-order valence-corrected chi connectivity index (χ2v) is 6.14. The number of aliphatic hydroxyl groups is 1. The van der Waals surface area contributed by atoms with Crippen LogP contribution in [0.5, 0.6) is 0 Å². The molecule has 2 heterocycles. The van der Waals surface area contributed by atoms with E-state index < -0.39 is 5.60 Å². The van der Waals surface area contributed by atoms with Crippen molar-refractivity contribution in [3.63, 3.8) is 0 Å². The molecular weight excluding hydrogens is 246 g/mol. The topological polar surface area (TPSA) is 23.5 Å². The summed E-state index contributed by atoms with van der Waals surface area (Å²) in [6.45, 7) is 2.20. The van der Waals surface area contributed by atoms with E-state index in [0.717, 1.165) is 42.9 Å². The summed E-state index contributed by atoms with van der Waals surface area (Å²) in [4.78, 5) is 2.47. The zero-order chi connectivity index (χ0) is 12.6. The third-order valence-corrected chi connectivity index (χ3v) is 4.70. The number of hydrogen-bond acceptors (Lipinski definition) is 2. The van der Waals surface area contributed by atoms with E-state index in [9.17, 15) is 5.11 Å². The third kappa shape index (κ3) is 2.29. The summed E-state index contributed by atoms with van der Waals surface area (Å²) < 4.78 is 0. The predicted octanol–water partition coefficient (Wildman–Crippen LogP) is 2.87. The van der Waals surface area contributed by atoms with E-state index in [4.69, 9.17) is 11.6 Å². The van der Waals surface area contributed by atoms with Crippen molar-refractivity contribution in [2.24, 2.45) is 0 Å². The summed E-state index contributed by atoms with van der Waals surface area (Å²) >= 11 is 6.02. The molecule has 2 nitrogen and oxygen atoms in total. The van der Waals surface area contributed by atoms with Crippen molar-refractivity contribution in [2.45, 2.75) is 43.7 Å². The minimum absolute atomic E-state index is 0.352. The first-order chi connectivity index (χ1) is 8.67. The van der Waals surface area contributed by atoms with Gasteiger partial charge >= 0.3 is 0 Å². The van der Waals surface area contributed by atoms with Gasteiger partial charge in [-0.25, -0.2) is 0 Å². The first-order valence-electron chi connectivity index (χ1n) is 6.88. The molecule has 2 fully saturated rings. The number of nitrogens with zero attached hydrogens (tertiary/aromatic N) is 1. The third-order valence-electron chi connectivity index (χ3n) is 4.47. The largest absolute Gasteiger partial charge is 0.388 e. The van der Waals surface area contributed by atoms with Gasteiger partial charge in [-0.15, -0.1) is 0 Å². The highest BCUT2D eigenvalue weighted by Gasteiger charge is 2.46. The zero-order valence-corrected chi connectivity index (χ0v) is 11.4. The van der Waals surface area contributed by atoms with E-state index in [1.54, 1.807) is 0 Å². The zero-order valence-electron chi connectivity index (χ0n) is 10.6. The molecular formula is C15H20ClNO. The highest BCUT2D eigenvalue weighted by atomic mass is 35.5. The van der Waals surface area contributed by atoms with Gasteiger partial charge in [-0.05, 0) is 43.5 Å². The molecule has 1 N–H and O–H groups in total. The van der Waals surface area contributed by atoms with Crippen LogP contribution in [-0.4, -0.2) is 34.7 Å². The van der Waals surface area contributed by atoms with Crippen molar-refractivity contribution in [1.29, 1.82) is 0 Å². The number of benzene rings is 1. The highest BCUT2D eigenvalue weighted by Crippen LogP contribution is 2.37. The van der Waals surface area contributed by atoms with Crippen LogP contribution >= 0.6 is 11.6 Å². The molecule has 0 bridgehead atoms. The molecule has 2 atom stereocenters. The van der Waals surface area contributed by atoms with Crippen LogP contribution in [0.3, 0.4) is 0 Å². The van der Waals surface area contributed by atoms with Gasteiger partial charge in [0.05, 0.1) is 5.60 Å². The van der Waals surface area contributed by atoms with E-state index in [1.807, 2.05) is 18.2 Å². The quantitative estimate of drug-likeness (QED) is 0.889. The second-order valence-electron chi connectivity index (χ2n) is 5.71. The molecule has 0 radical (unpaired) electrons. The van der Waals surface area contributed by atoms with E-state index in [-0.39, 0.29) is 0 Å². The Hall–Kier alpha value is -0.570. The van der Waals surface area contributed by atoms with Crippen molar-refractivity contribution >= 4 is 11.6 Å². The summed E-state index contributed by atoms with van der Waals surface area (Å²) in [5.41, 5.74) is 0.600. The van der Waals surface area contributed by atoms with Crippen molar-refractivity contribution in [1.82, 2.24) is 4.90 Å². The molecule has 0 aliphatic carbocycles. The molecule has 2 saturated heterocycles. The maximum atomic E-state index is 10.9. The van der Waals surface area contributed by atoms with E-state index >= 15 is 0 Å². The number of hydrogen-bond donors (Lipinski definition) is 1. The molecule has 0 amide bonds. The van der Waals surface area contributed by atoms with E-state index in [1.165, 1.54) is 12.8 Å². The first-order valence-corrected chi connectivity index (χ1v) is 7.26. The van der Waals surface area contributed by atoms with Crippen LogP contribution < -0.4 is 0 Å². The lowest BCUT2D eigenvalue weighted by molar-refractivity contribution is -0.00885. The van der Waals surface area contributed by atoms with Crippen LogP contribution in [0.25, 0.3) is 0 Å². The highest BCUT2D eigenvalue weighted by molar-refractivity contribution is 6.30. The maximum Gasteiger partial charge on any atom is 0.0854 e. The molecule has 2 aliphatic heterocycles. The molecule has 0 saturated carbocycles. The van der Waals surface area contributed by atoms with Gasteiger partial charge in [-0.1, -0.05) is 30.2 Å². The average Bonchev–Trinajstić information content (AvgIpc) is 2.68. The molecule has 98 valence electrons. The Morgan fingerprint density at radius 3 is 3.06 bits per heavy atom. The van der Waals surface area contributed by atoms with E-state index in [0.29, 0.717) is 6.04 Å². The standard InChI is InChI=1S/C15H20ClNO/c16-13-5-3-4-12(10-13)11-15(18)7-9-17-8-2-1-6-14(15)17/h3-5,10,14,18H,1-2,6-9,11H2. The fraction of sp³-hybridized carbons (Fsp3) is 0.600. The van der Waals surface area contributed by atoms with Crippen LogP contribution in [-0.2, 0) is 6.42 Å². The van der Waals surface area contributed by atoms with Crippen LogP contribution in [0.4, 0.5) is 0 Å². The second kappa shape index (κ2) is 4.84. The van der Waals surface area contributed by atoms with Gasteiger partial charge in [0, 0.05) is 24.0 Å². The Bertz CT molecular complexity index is 436. The molecule has 2 aliphatic rings. The Balaban J connectivity index is 1.78. The number of fused-ring (bicyclic) bond motifs is 1. The van der Waals surface area contributed by atoms with Gasteiger partial charge in [0.1, 0.15) is 0 Å². The van der Waals surface area contributed by atoms with Gasteiger partial charge < -0.3 is 5.11 Å². The van der Waals surface area contributed by atoms with Gasteiger partial charge in [0.15, 0.2) is 0 Å². The van der Waals surface area contributed by atoms with Crippen molar-refractivity contribution in [2.75, 3.05) is 13.1 Å². The number of piperidine rings is 1. The van der Waals surface area contributed by atoms with E-state index in [2.05, 4.69) is 11.0 Å². The van der Waals surface area contributed by atoms with Crippen LogP contribution in [0, 0.1) is 0 Å². The average molecular weight is 266 g/mol. The first kappa shape index (κ1) is 12.5. The Kier molecular flexibility index (Phi) is 3.35. The van der Waals surface area contributed by atoms with Crippen LogP contribution in [0.1, 0.15) is 31.2 Å². The molecule has 3 heteroatoms. The normalized spacial score (nSPS) is 32.4. The fourth-order valence-corrected chi connectivity index (χ4v) is 3.79. The Morgan fingerprint density at radius 2 is 2.22 bits per heavy atom. The number of rotatable bonds is 2. The lowest BCUT2D eigenvalue weighted by Gasteiger charge is -2.37. The monoisotopic (exact) mass is 265 g/mol. The van der Waals surface area contributed by atoms with Gasteiger partial charge in [0.25, 0.3) is 0 Å². The lowest BCUT2D eigenvalue weighted by Crippen LogP contribution is -2.48. The molecule has 0 aromatic heterocycles. The fourth-order valence-electron chi connectivity index (χ4n) is 3.58. The Morgan fingerprint density at radius 1 is 1.33 bits per heavy atom. The summed E-state index contributed by atoms with van der Waals surface area (Å²) in [6.07, 6.45) is 5.29. The summed E-state index contributed by atoms with van der Waals surface area (Å²) in [6, 6.07) is 8.25. The van der Waals surface area contributed by atoms with Crippen LogP contribution in [0.15, 0.2) is 24.3 Å². The molecule has 18 heavy (non-hydrogen) atoms. The molecule has 1 aromatic rings. The number of halogens is 1. The SMILES string of the molecule is OC1(Cc2cccc(Cl)c2)CCN2CCCCC21. The smallest absolute Gasteiger partial charge is 0.0854 e. The molecule has 1 aromatic carbocycles. The van der Waals surface area contributed by atoms with Gasteiger partial charge in [0.2, 0.25) is 0 Å². The molecule has 3 rings (SSSR count). The van der Waals surface area contributed by atoms with Crippen molar-refractivity contribution in [3.05, 3.63) is 34.9 Å². The minimum atomic E-state index is -0.550. The predicted molar refractivity (Wildman–Crippen MR) is 73.9 cm³/mol. The summed E-state index contributed by atoms with van der Waals surface area (Å²) in [7, 11) is 0. The van der Waals surface area contributed by atoms with Crippen molar-refractivity contribution < 1.29 is 5.11 Å². The molecule has 0 spiro atoms. The van der Waals surface area contributed by atoms with Crippen LogP contribution in [0.2, 0.25) is 5.02 Å². The lowest BCUT2D eigenvalue weighted by atomic mass is 9.84. The maximum absolute atomic E-state index is 10.9. The van der Waals surface area contributed by atoms with Gasteiger partial charge in [-0.3, -0.25) is 4.90 Å². The van der Waals surface area contributed by atoms with Crippen molar-refractivity contribution in [3.8, 4) is 0 Å². The molecule has 2 unspecified atom stereocenters. The van der Waals surface area contributed by atoms with Gasteiger partial charge in [-0.2, -0.15) is 0 Å². The summed E-state index contributed by atoms with van der Waals surface area (Å²) in [5, 5.41) is 11.7. The summed E-state index contributed by atoms with van der Waals surface area (Å²) in [5.74, 6) is 0. The Labute approximate surface area is 114 Å².